The molecule has 4 aromatic rings. The Morgan fingerprint density at radius 3 is 2.40 bits per heavy atom. The van der Waals surface area contributed by atoms with Crippen molar-refractivity contribution < 1.29 is 14.0 Å². The number of aromatic amines is 1. The van der Waals surface area contributed by atoms with E-state index in [9.17, 15) is 14.0 Å². The van der Waals surface area contributed by atoms with E-state index in [1.165, 1.54) is 12.1 Å². The van der Waals surface area contributed by atoms with Crippen LogP contribution >= 0.6 is 0 Å². The van der Waals surface area contributed by atoms with Gasteiger partial charge in [-0.2, -0.15) is 0 Å². The zero-order valence-electron chi connectivity index (χ0n) is 18.8. The van der Waals surface area contributed by atoms with E-state index in [2.05, 4.69) is 26.3 Å². The third-order valence-corrected chi connectivity index (χ3v) is 5.55. The number of amides is 3. The van der Waals surface area contributed by atoms with E-state index in [-0.39, 0.29) is 11.7 Å². The third-order valence-electron chi connectivity index (χ3n) is 5.55. The van der Waals surface area contributed by atoms with Crippen molar-refractivity contribution in [2.45, 2.75) is 6.92 Å². The predicted octanol–water partition coefficient (Wildman–Crippen LogP) is 6.34. The molecule has 0 aliphatic carbocycles. The molecule has 0 bridgehead atoms. The van der Waals surface area contributed by atoms with E-state index in [0.29, 0.717) is 22.5 Å². The van der Waals surface area contributed by atoms with Gasteiger partial charge in [0, 0.05) is 40.2 Å². The molecule has 1 aliphatic rings. The number of anilines is 5. The fourth-order valence-corrected chi connectivity index (χ4v) is 3.86. The third kappa shape index (κ3) is 4.91. The van der Waals surface area contributed by atoms with Crippen molar-refractivity contribution in [1.82, 2.24) is 4.98 Å². The van der Waals surface area contributed by atoms with Crippen LogP contribution in [-0.2, 0) is 4.79 Å². The summed E-state index contributed by atoms with van der Waals surface area (Å²) in [7, 11) is 0. The van der Waals surface area contributed by atoms with Crippen LogP contribution in [0.15, 0.2) is 79.0 Å². The number of urea groups is 1. The maximum Gasteiger partial charge on any atom is 0.323 e. The number of carbonyl (C=O) groups is 2. The summed E-state index contributed by atoms with van der Waals surface area (Å²) in [6.07, 6.45) is 3.63. The maximum absolute atomic E-state index is 13.4. The smallest absolute Gasteiger partial charge is 0.323 e. The highest BCUT2D eigenvalue weighted by Crippen LogP contribution is 2.35. The average molecular weight is 468 g/mol. The summed E-state index contributed by atoms with van der Waals surface area (Å²) in [6.45, 7) is 1.64. The van der Waals surface area contributed by atoms with E-state index >= 15 is 0 Å². The Hall–Kier alpha value is -4.85. The average Bonchev–Trinajstić information content (AvgIpc) is 3.44. The second kappa shape index (κ2) is 9.18. The second-order valence-electron chi connectivity index (χ2n) is 8.15. The zero-order chi connectivity index (χ0) is 24.4. The molecular weight excluding hydrogens is 445 g/mol. The van der Waals surface area contributed by atoms with Gasteiger partial charge in [-0.15, -0.1) is 0 Å². The molecule has 1 aliphatic heterocycles. The Kier molecular flexibility index (Phi) is 5.76. The van der Waals surface area contributed by atoms with Gasteiger partial charge in [0.15, 0.2) is 0 Å². The molecule has 35 heavy (non-hydrogen) atoms. The van der Waals surface area contributed by atoms with Crippen LogP contribution in [0.1, 0.15) is 16.8 Å². The molecule has 3 aromatic carbocycles. The second-order valence-corrected chi connectivity index (χ2v) is 8.15. The molecule has 2 heterocycles. The molecule has 0 fully saturated rings. The van der Waals surface area contributed by atoms with Gasteiger partial charge in [-0.1, -0.05) is 12.1 Å². The van der Waals surface area contributed by atoms with Gasteiger partial charge in [0.1, 0.15) is 5.82 Å². The molecule has 8 heteroatoms. The molecule has 0 atom stereocenters. The van der Waals surface area contributed by atoms with Crippen molar-refractivity contribution in [2.24, 2.45) is 0 Å². The molecule has 5 N–H and O–H groups in total. The Morgan fingerprint density at radius 1 is 0.886 bits per heavy atom. The van der Waals surface area contributed by atoms with Crippen LogP contribution < -0.4 is 21.3 Å². The van der Waals surface area contributed by atoms with Gasteiger partial charge in [0.05, 0.1) is 11.3 Å². The highest BCUT2D eigenvalue weighted by Gasteiger charge is 2.24. The first kappa shape index (κ1) is 22.0. The van der Waals surface area contributed by atoms with Crippen LogP contribution in [0, 0.1) is 12.7 Å². The van der Waals surface area contributed by atoms with Gasteiger partial charge in [-0.25, -0.2) is 9.18 Å². The maximum atomic E-state index is 13.4. The lowest BCUT2D eigenvalue weighted by atomic mass is 10.1. The van der Waals surface area contributed by atoms with Gasteiger partial charge in [-0.3, -0.25) is 4.79 Å². The summed E-state index contributed by atoms with van der Waals surface area (Å²) in [5, 5.41) is 11.7. The van der Waals surface area contributed by atoms with Crippen LogP contribution in [-0.4, -0.2) is 16.9 Å². The molecule has 7 nitrogen and oxygen atoms in total. The lowest BCUT2D eigenvalue weighted by Gasteiger charge is -2.12. The molecule has 174 valence electrons. The van der Waals surface area contributed by atoms with Gasteiger partial charge < -0.3 is 26.3 Å². The topological polar surface area (TPSA) is 98.0 Å². The fraction of sp³-hybridized carbons (Fsp3) is 0.0370. The highest BCUT2D eigenvalue weighted by atomic mass is 19.1. The molecule has 1 aromatic heterocycles. The molecule has 0 spiro atoms. The van der Waals surface area contributed by atoms with Crippen molar-refractivity contribution >= 4 is 52.0 Å². The van der Waals surface area contributed by atoms with E-state index in [4.69, 9.17) is 0 Å². The summed E-state index contributed by atoms with van der Waals surface area (Å²) >= 11 is 0. The number of fused-ring (bicyclic) bond motifs is 1. The molecule has 5 rings (SSSR count). The predicted molar refractivity (Wildman–Crippen MR) is 137 cm³/mol. The number of H-pyrrole nitrogens is 1. The van der Waals surface area contributed by atoms with Crippen LogP contribution in [0.4, 0.5) is 37.6 Å². The quantitative estimate of drug-likeness (QED) is 0.221. The Bertz CT molecular complexity index is 1460. The summed E-state index contributed by atoms with van der Waals surface area (Å²) in [4.78, 5) is 27.9. The molecule has 0 saturated heterocycles. The van der Waals surface area contributed by atoms with Crippen LogP contribution in [0.2, 0.25) is 0 Å². The van der Waals surface area contributed by atoms with E-state index in [1.54, 1.807) is 25.1 Å². The molecule has 0 radical (unpaired) electrons. The van der Waals surface area contributed by atoms with Gasteiger partial charge in [0.25, 0.3) is 5.91 Å². The minimum Gasteiger partial charge on any atom is -0.362 e. The number of halogens is 1. The van der Waals surface area contributed by atoms with Gasteiger partial charge in [-0.05, 0) is 79.2 Å². The van der Waals surface area contributed by atoms with Crippen molar-refractivity contribution in [1.29, 1.82) is 0 Å². The van der Waals surface area contributed by atoms with Gasteiger partial charge in [0.2, 0.25) is 0 Å². The first-order valence-corrected chi connectivity index (χ1v) is 11.0. The number of hydrogen-bond donors (Lipinski definition) is 5. The van der Waals surface area contributed by atoms with Crippen molar-refractivity contribution in [3.05, 3.63) is 102 Å². The number of benzene rings is 3. The number of nitrogens with one attached hydrogen (secondary N) is 5. The van der Waals surface area contributed by atoms with Crippen LogP contribution in [0.25, 0.3) is 11.6 Å². The number of aryl methyl sites for hydroxylation is 1. The number of aromatic nitrogens is 1. The summed E-state index contributed by atoms with van der Waals surface area (Å²) in [6, 6.07) is 20.6. The van der Waals surface area contributed by atoms with Crippen molar-refractivity contribution in [2.75, 3.05) is 21.3 Å². The van der Waals surface area contributed by atoms with Crippen LogP contribution in [0.5, 0.6) is 0 Å². The monoisotopic (exact) mass is 467 g/mol. The van der Waals surface area contributed by atoms with Gasteiger partial charge >= 0.3 is 6.03 Å². The van der Waals surface area contributed by atoms with E-state index in [1.807, 2.05) is 54.7 Å². The minimum absolute atomic E-state index is 0.152. The van der Waals surface area contributed by atoms with Crippen molar-refractivity contribution in [3.63, 3.8) is 0 Å². The minimum atomic E-state index is -0.435. The highest BCUT2D eigenvalue weighted by molar-refractivity contribution is 6.35. The molecule has 3 amide bonds. The summed E-state index contributed by atoms with van der Waals surface area (Å²) < 4.78 is 13.4. The molecular formula is C27H22FN5O2. The van der Waals surface area contributed by atoms with E-state index in [0.717, 1.165) is 28.3 Å². The number of carbonyl (C=O) groups excluding carboxylic acids is 2. The lowest BCUT2D eigenvalue weighted by Crippen LogP contribution is -2.19. The standard InChI is InChI=1S/C27H22FN5O2/c1-16-12-20(8-10-24(16)28)32-27(35)31-19-5-2-4-18(13-19)30-21-7-9-22-23(14-17-6-3-11-29-17)26(34)33-25(22)15-21/h2-15,29-30H,1H3,(H,33,34)(H2,31,32,35)/b23-14+. The van der Waals surface area contributed by atoms with E-state index < -0.39 is 6.03 Å². The Balaban J connectivity index is 1.27. The van der Waals surface area contributed by atoms with Crippen molar-refractivity contribution in [3.8, 4) is 0 Å². The number of hydrogen-bond acceptors (Lipinski definition) is 3. The SMILES string of the molecule is Cc1cc(NC(=O)Nc2cccc(Nc3ccc4c(c3)NC(=O)/C4=C/c3ccc[nH]3)c2)ccc1F. The Labute approximate surface area is 201 Å². The first-order valence-electron chi connectivity index (χ1n) is 11.0. The normalized spacial score (nSPS) is 13.3. The Morgan fingerprint density at radius 2 is 1.63 bits per heavy atom. The van der Waals surface area contributed by atoms with Crippen LogP contribution in [0.3, 0.4) is 0 Å². The summed E-state index contributed by atoms with van der Waals surface area (Å²) in [5.41, 5.74) is 6.08. The molecule has 0 saturated carbocycles. The summed E-state index contributed by atoms with van der Waals surface area (Å²) in [5.74, 6) is -0.478. The number of rotatable bonds is 5. The lowest BCUT2D eigenvalue weighted by molar-refractivity contribution is -0.110. The first-order chi connectivity index (χ1) is 16.9. The largest absolute Gasteiger partial charge is 0.362 e. The molecule has 0 unspecified atom stereocenters. The zero-order valence-corrected chi connectivity index (χ0v) is 18.8. The fourth-order valence-electron chi connectivity index (χ4n) is 3.86.